The number of carbonyl (C=O) groups excluding carboxylic acids is 2. The third-order valence-corrected chi connectivity index (χ3v) is 4.40. The summed E-state index contributed by atoms with van der Waals surface area (Å²) in [6.45, 7) is 0. The monoisotopic (exact) mass is 313 g/mol. The Kier molecular flexibility index (Phi) is 3.28. The van der Waals surface area contributed by atoms with Crippen LogP contribution < -0.4 is 4.90 Å². The first-order chi connectivity index (χ1) is 11.6. The van der Waals surface area contributed by atoms with Gasteiger partial charge in [0.25, 0.3) is 5.91 Å². The van der Waals surface area contributed by atoms with Crippen molar-refractivity contribution in [2.45, 2.75) is 0 Å². The van der Waals surface area contributed by atoms with Gasteiger partial charge in [-0.25, -0.2) is 0 Å². The lowest BCUT2D eigenvalue weighted by atomic mass is 10.0. The van der Waals surface area contributed by atoms with Crippen LogP contribution >= 0.6 is 0 Å². The molecule has 0 bridgehead atoms. The predicted octanol–water partition coefficient (Wildman–Crippen LogP) is 4.08. The summed E-state index contributed by atoms with van der Waals surface area (Å²) in [5.74, 6) is -0.306. The molecule has 1 amide bonds. The fraction of sp³-hybridized carbons (Fsp3) is 0.0476. The van der Waals surface area contributed by atoms with Crippen molar-refractivity contribution < 1.29 is 9.59 Å². The van der Waals surface area contributed by atoms with Crippen LogP contribution in [0.3, 0.4) is 0 Å². The molecule has 0 spiro atoms. The predicted molar refractivity (Wildman–Crippen MR) is 96.1 cm³/mol. The molecule has 3 aromatic carbocycles. The van der Waals surface area contributed by atoms with Gasteiger partial charge in [-0.2, -0.15) is 0 Å². The van der Waals surface area contributed by atoms with E-state index < -0.39 is 0 Å². The molecular formula is C21H15NO2. The van der Waals surface area contributed by atoms with E-state index in [0.29, 0.717) is 11.1 Å². The molecule has 0 saturated heterocycles. The zero-order chi connectivity index (χ0) is 16.7. The maximum Gasteiger partial charge on any atom is 0.258 e. The first kappa shape index (κ1) is 14.4. The van der Waals surface area contributed by atoms with Crippen LogP contribution in [0.15, 0.2) is 72.8 Å². The summed E-state index contributed by atoms with van der Waals surface area (Å²) in [4.78, 5) is 26.7. The highest BCUT2D eigenvalue weighted by Crippen LogP contribution is 2.35. The number of rotatable bonds is 2. The highest BCUT2D eigenvalue weighted by atomic mass is 16.2. The van der Waals surface area contributed by atoms with Crippen molar-refractivity contribution >= 4 is 33.7 Å². The van der Waals surface area contributed by atoms with E-state index in [-0.39, 0.29) is 11.7 Å². The molecule has 3 nitrogen and oxygen atoms in total. The summed E-state index contributed by atoms with van der Waals surface area (Å²) in [6.07, 6.45) is 1.45. The first-order valence-corrected chi connectivity index (χ1v) is 7.77. The topological polar surface area (TPSA) is 37.4 Å². The number of nitrogens with zero attached hydrogens (tertiary/aromatic N) is 1. The molecule has 0 radical (unpaired) electrons. The number of anilines is 1. The van der Waals surface area contributed by atoms with Gasteiger partial charge in [-0.1, -0.05) is 54.6 Å². The van der Waals surface area contributed by atoms with E-state index >= 15 is 0 Å². The van der Waals surface area contributed by atoms with Crippen molar-refractivity contribution in [1.29, 1.82) is 0 Å². The Labute approximate surface area is 139 Å². The molecule has 3 aromatic rings. The highest BCUT2D eigenvalue weighted by molar-refractivity contribution is 6.35. The Morgan fingerprint density at radius 3 is 2.46 bits per heavy atom. The summed E-state index contributed by atoms with van der Waals surface area (Å²) in [7, 11) is 1.72. The van der Waals surface area contributed by atoms with E-state index in [1.165, 1.54) is 6.08 Å². The Morgan fingerprint density at radius 2 is 1.62 bits per heavy atom. The number of fused-ring (bicyclic) bond motifs is 2. The lowest BCUT2D eigenvalue weighted by Gasteiger charge is -2.07. The van der Waals surface area contributed by atoms with Crippen LogP contribution in [-0.2, 0) is 4.79 Å². The number of hydrogen-bond acceptors (Lipinski definition) is 2. The molecule has 0 atom stereocenters. The number of likely N-dealkylation sites (N-methyl/N-ethyl adjacent to an activating group) is 1. The maximum atomic E-state index is 12.7. The largest absolute Gasteiger partial charge is 0.311 e. The molecule has 0 fully saturated rings. The summed E-state index contributed by atoms with van der Waals surface area (Å²) in [5, 5.41) is 2.10. The van der Waals surface area contributed by atoms with E-state index in [2.05, 4.69) is 0 Å². The molecule has 3 heteroatoms. The van der Waals surface area contributed by atoms with Gasteiger partial charge >= 0.3 is 0 Å². The minimum atomic E-state index is -0.158. The number of benzene rings is 3. The lowest BCUT2D eigenvalue weighted by Crippen LogP contribution is -2.20. The second-order valence-electron chi connectivity index (χ2n) is 5.87. The standard InChI is InChI=1S/C21H15NO2/c1-22-19-9-5-4-8-17(19)18(21(22)24)13-20(23)16-11-10-14-6-2-3-7-15(14)12-16/h2-13H,1H3. The number of hydrogen-bond donors (Lipinski definition) is 0. The smallest absolute Gasteiger partial charge is 0.258 e. The summed E-state index contributed by atoms with van der Waals surface area (Å²) in [5.41, 5.74) is 2.67. The van der Waals surface area contributed by atoms with Crippen LogP contribution in [-0.4, -0.2) is 18.7 Å². The molecule has 0 saturated carbocycles. The van der Waals surface area contributed by atoms with Gasteiger partial charge in [0.05, 0.1) is 11.3 Å². The van der Waals surface area contributed by atoms with E-state index in [1.54, 1.807) is 18.0 Å². The molecule has 1 aliphatic rings. The third kappa shape index (κ3) is 2.22. The number of allylic oxidation sites excluding steroid dienone is 1. The maximum absolute atomic E-state index is 12.7. The molecular weight excluding hydrogens is 298 g/mol. The van der Waals surface area contributed by atoms with Crippen molar-refractivity contribution in [2.75, 3.05) is 11.9 Å². The molecule has 1 aliphatic heterocycles. The number of ketones is 1. The van der Waals surface area contributed by atoms with Crippen molar-refractivity contribution in [3.63, 3.8) is 0 Å². The van der Waals surface area contributed by atoms with Gasteiger partial charge in [-0.3, -0.25) is 9.59 Å². The Morgan fingerprint density at radius 1 is 0.917 bits per heavy atom. The minimum Gasteiger partial charge on any atom is -0.311 e. The molecule has 0 aromatic heterocycles. The summed E-state index contributed by atoms with van der Waals surface area (Å²) in [6, 6.07) is 21.0. The molecule has 0 aliphatic carbocycles. The van der Waals surface area contributed by atoms with Crippen LogP contribution in [0.2, 0.25) is 0 Å². The number of para-hydroxylation sites is 1. The second kappa shape index (κ2) is 5.46. The molecule has 4 rings (SSSR count). The van der Waals surface area contributed by atoms with E-state index in [1.807, 2.05) is 60.7 Å². The fourth-order valence-corrected chi connectivity index (χ4v) is 3.10. The normalized spacial score (nSPS) is 15.1. The van der Waals surface area contributed by atoms with Crippen molar-refractivity contribution in [1.82, 2.24) is 0 Å². The van der Waals surface area contributed by atoms with Crippen molar-refractivity contribution in [2.24, 2.45) is 0 Å². The van der Waals surface area contributed by atoms with Crippen LogP contribution in [0.4, 0.5) is 5.69 Å². The Hall–Kier alpha value is -3.20. The van der Waals surface area contributed by atoms with Crippen LogP contribution in [0.1, 0.15) is 15.9 Å². The average molecular weight is 313 g/mol. The second-order valence-corrected chi connectivity index (χ2v) is 5.87. The number of amides is 1. The highest BCUT2D eigenvalue weighted by Gasteiger charge is 2.29. The van der Waals surface area contributed by atoms with Crippen LogP contribution in [0.25, 0.3) is 16.3 Å². The Balaban J connectivity index is 1.77. The molecule has 1 heterocycles. The number of carbonyl (C=O) groups is 2. The summed E-state index contributed by atoms with van der Waals surface area (Å²) < 4.78 is 0. The van der Waals surface area contributed by atoms with Gasteiger partial charge < -0.3 is 4.90 Å². The van der Waals surface area contributed by atoms with Crippen LogP contribution in [0, 0.1) is 0 Å². The SMILES string of the molecule is CN1C(=O)C(=CC(=O)c2ccc3ccccc3c2)c2ccccc21. The average Bonchev–Trinajstić information content (AvgIpc) is 2.86. The zero-order valence-corrected chi connectivity index (χ0v) is 13.2. The van der Waals surface area contributed by atoms with Crippen LogP contribution in [0.5, 0.6) is 0 Å². The van der Waals surface area contributed by atoms with E-state index in [9.17, 15) is 9.59 Å². The van der Waals surface area contributed by atoms with Gasteiger partial charge in [-0.05, 0) is 29.0 Å². The summed E-state index contributed by atoms with van der Waals surface area (Å²) >= 11 is 0. The lowest BCUT2D eigenvalue weighted by molar-refractivity contribution is -0.112. The Bertz CT molecular complexity index is 1020. The van der Waals surface area contributed by atoms with E-state index in [0.717, 1.165) is 22.0 Å². The first-order valence-electron chi connectivity index (χ1n) is 7.77. The molecule has 0 N–H and O–H groups in total. The molecule has 116 valence electrons. The molecule has 0 unspecified atom stereocenters. The van der Waals surface area contributed by atoms with Gasteiger partial charge in [0.1, 0.15) is 0 Å². The zero-order valence-electron chi connectivity index (χ0n) is 13.2. The van der Waals surface area contributed by atoms with E-state index in [4.69, 9.17) is 0 Å². The van der Waals surface area contributed by atoms with Gasteiger partial charge in [0.2, 0.25) is 0 Å². The van der Waals surface area contributed by atoms with Gasteiger partial charge in [0.15, 0.2) is 5.78 Å². The quantitative estimate of drug-likeness (QED) is 0.528. The third-order valence-electron chi connectivity index (χ3n) is 4.40. The fourth-order valence-electron chi connectivity index (χ4n) is 3.10. The minimum absolute atomic E-state index is 0.148. The van der Waals surface area contributed by atoms with Crippen molar-refractivity contribution in [3.05, 3.63) is 83.9 Å². The van der Waals surface area contributed by atoms with Gasteiger partial charge in [0, 0.05) is 18.2 Å². The van der Waals surface area contributed by atoms with Gasteiger partial charge in [-0.15, -0.1) is 0 Å². The molecule has 24 heavy (non-hydrogen) atoms. The van der Waals surface area contributed by atoms with Crippen molar-refractivity contribution in [3.8, 4) is 0 Å².